The molecule has 32 heteroatoms. The molecule has 0 aliphatic carbocycles. The smallest absolute Gasteiger partial charge is 0.370 e. The number of hydrogen-bond acceptors (Lipinski definition) is 14. The average Bonchev–Trinajstić information content (AvgIpc) is 3.34. The summed E-state index contributed by atoms with van der Waals surface area (Å²) in [6, 6.07) is 22.0. The summed E-state index contributed by atoms with van der Waals surface area (Å²) in [5, 5.41) is 36.4. The Hall–Kier alpha value is -10.5. The second kappa shape index (κ2) is 24.3. The molecule has 24 N–H and O–H groups in total. The van der Waals surface area contributed by atoms with Gasteiger partial charge < -0.3 is 88.2 Å². The first-order valence-corrected chi connectivity index (χ1v) is 21.7. The third-order valence-corrected chi connectivity index (χ3v) is 10.5. The van der Waals surface area contributed by atoms with Crippen LogP contribution in [-0.4, -0.2) is 100 Å². The lowest BCUT2D eigenvalue weighted by Crippen LogP contribution is -2.58. The van der Waals surface area contributed by atoms with Crippen molar-refractivity contribution in [3.8, 4) is 0 Å². The third-order valence-electron chi connectivity index (χ3n) is 10.5. The first-order valence-electron chi connectivity index (χ1n) is 21.7. The van der Waals surface area contributed by atoms with Crippen molar-refractivity contribution in [1.82, 2.24) is 26.6 Å². The number of halogens is 3. The lowest BCUT2D eigenvalue weighted by Gasteiger charge is -2.33. The van der Waals surface area contributed by atoms with Crippen molar-refractivity contribution < 1.29 is 52.0 Å². The van der Waals surface area contributed by atoms with Crippen molar-refractivity contribution in [2.24, 2.45) is 71.6 Å². The van der Waals surface area contributed by atoms with Crippen LogP contribution in [0.5, 0.6) is 0 Å². The highest BCUT2D eigenvalue weighted by Gasteiger charge is 2.40. The van der Waals surface area contributed by atoms with Gasteiger partial charge in [0.25, 0.3) is 35.2 Å². The molecule has 29 nitrogen and oxygen atoms in total. The monoisotopic (exact) mass is 1060 g/mol. The number of nitro benzene ring substituents is 1. The van der Waals surface area contributed by atoms with Crippen LogP contribution < -0.4 is 83.1 Å². The molecule has 0 saturated carbocycles. The van der Waals surface area contributed by atoms with Gasteiger partial charge in [0.05, 0.1) is 16.2 Å². The number of nitrogens with two attached hydrogens (primary N) is 9. The summed E-state index contributed by atoms with van der Waals surface area (Å²) in [5.41, 5.74) is 45.6. The Morgan fingerprint density at radius 1 is 0.566 bits per heavy atom. The van der Waals surface area contributed by atoms with E-state index in [1.54, 1.807) is 48.5 Å². The number of aliphatic hydroxyl groups excluding tert-OH is 1. The van der Waals surface area contributed by atoms with Gasteiger partial charge in [0.1, 0.15) is 6.04 Å². The van der Waals surface area contributed by atoms with Crippen LogP contribution in [0.15, 0.2) is 123 Å². The van der Waals surface area contributed by atoms with E-state index in [0.717, 1.165) is 6.07 Å². The second-order valence-electron chi connectivity index (χ2n) is 15.9. The number of nitro groups is 1. The molecule has 5 rings (SSSR count). The summed E-state index contributed by atoms with van der Waals surface area (Å²) in [5.74, 6) is -11.7. The number of hydrogen-bond donors (Lipinski definition) is 15. The maximum atomic E-state index is 15.0. The van der Waals surface area contributed by atoms with Crippen LogP contribution in [0.3, 0.4) is 0 Å². The van der Waals surface area contributed by atoms with E-state index in [9.17, 15) is 57.2 Å². The second-order valence-corrected chi connectivity index (χ2v) is 15.9. The van der Waals surface area contributed by atoms with Gasteiger partial charge in [-0.15, -0.1) is 0 Å². The third kappa shape index (κ3) is 14.6. The molecule has 0 spiro atoms. The molecule has 5 aromatic rings. The summed E-state index contributed by atoms with van der Waals surface area (Å²) in [7, 11) is 0. The van der Waals surface area contributed by atoms with Gasteiger partial charge in [0, 0.05) is 18.7 Å². The molecule has 6 amide bonds. The number of primary amides is 1. The highest BCUT2D eigenvalue weighted by molar-refractivity contribution is 6.03. The van der Waals surface area contributed by atoms with E-state index in [4.69, 9.17) is 51.6 Å². The molecular weight excluding hydrogens is 1010 g/mol. The van der Waals surface area contributed by atoms with Crippen molar-refractivity contribution in [3.63, 3.8) is 0 Å². The molecule has 76 heavy (non-hydrogen) atoms. The Bertz CT molecular complexity index is 3110. The summed E-state index contributed by atoms with van der Waals surface area (Å²) in [6.45, 7) is -0.653. The average molecular weight is 1060 g/mol. The van der Waals surface area contributed by atoms with Crippen LogP contribution in [-0.2, 0) is 41.5 Å². The zero-order valence-corrected chi connectivity index (χ0v) is 39.2. The molecule has 0 saturated heterocycles. The van der Waals surface area contributed by atoms with E-state index in [2.05, 4.69) is 30.6 Å². The number of fused-ring (bicyclic) bond motifs is 2. The van der Waals surface area contributed by atoms with Gasteiger partial charge in [-0.25, -0.2) is 20.0 Å². The molecule has 0 aliphatic heterocycles. The maximum Gasteiger partial charge on any atom is 0.418 e. The minimum Gasteiger partial charge on any atom is -0.370 e. The Morgan fingerprint density at radius 2 is 0.987 bits per heavy atom. The predicted molar refractivity (Wildman–Crippen MR) is 269 cm³/mol. The zero-order valence-electron chi connectivity index (χ0n) is 39.2. The molecule has 400 valence electrons. The molecule has 0 radical (unpaired) electrons. The fraction of sp³-hybridized carbons (Fsp3) is 0.182. The Balaban J connectivity index is 1.52. The van der Waals surface area contributed by atoms with Crippen molar-refractivity contribution in [3.05, 3.63) is 130 Å². The summed E-state index contributed by atoms with van der Waals surface area (Å²) < 4.78 is 44.9. The van der Waals surface area contributed by atoms with E-state index in [1.807, 2.05) is 22.0 Å². The number of rotatable bonds is 21. The van der Waals surface area contributed by atoms with E-state index < -0.39 is 131 Å². The summed E-state index contributed by atoms with van der Waals surface area (Å²) in [6.07, 6.45) is -16.5. The van der Waals surface area contributed by atoms with Gasteiger partial charge in [-0.2, -0.15) is 13.2 Å². The number of carbonyl (C=O) groups is 6. The van der Waals surface area contributed by atoms with E-state index in [1.165, 1.54) is 30.3 Å². The molecular formula is C44H49F3N20O9. The predicted octanol–water partition coefficient (Wildman–Crippen LogP) is -3.55. The van der Waals surface area contributed by atoms with Crippen LogP contribution >= 0.6 is 0 Å². The van der Waals surface area contributed by atoms with Gasteiger partial charge in [-0.3, -0.25) is 38.9 Å². The molecule has 5 aromatic carbocycles. The Kier molecular flexibility index (Phi) is 18.0. The van der Waals surface area contributed by atoms with Crippen molar-refractivity contribution in [2.75, 3.05) is 4.90 Å². The quantitative estimate of drug-likeness (QED) is 0.00845. The van der Waals surface area contributed by atoms with Gasteiger partial charge in [0.2, 0.25) is 36.8 Å². The first-order chi connectivity index (χ1) is 35.7. The summed E-state index contributed by atoms with van der Waals surface area (Å²) in [4.78, 5) is 107. The van der Waals surface area contributed by atoms with Gasteiger partial charge in [-0.05, 0) is 44.8 Å². The van der Waals surface area contributed by atoms with Crippen molar-refractivity contribution in [2.45, 2.75) is 49.7 Å². The van der Waals surface area contributed by atoms with Gasteiger partial charge in [-0.1, -0.05) is 78.9 Å². The fourth-order valence-electron chi connectivity index (χ4n) is 7.26. The largest absolute Gasteiger partial charge is 0.418 e. The summed E-state index contributed by atoms with van der Waals surface area (Å²) >= 11 is 0. The molecule has 0 bridgehead atoms. The molecule has 6 unspecified atom stereocenters. The van der Waals surface area contributed by atoms with E-state index >= 15 is 0 Å². The number of guanidine groups is 4. The SMILES string of the molecule is NC(=O)C(N=C(N)N)NC(=O)C(N=C(N)N)NC(=O)C(N=C(N)N)NC(=O)C(N=C(N)N)NC(=O)C(NC(=O)C(O)N(Cc1c2ccccc2cc2ccccc12)c1ccc([N+](=O)[O-])cc1C(F)(F)F)c1ccccc1. The number of nitrogens with zero attached hydrogens (tertiary/aromatic N) is 6. The Labute approximate surface area is 426 Å². The number of benzene rings is 5. The van der Waals surface area contributed by atoms with Crippen molar-refractivity contribution >= 4 is 92.2 Å². The lowest BCUT2D eigenvalue weighted by atomic mass is 9.96. The Morgan fingerprint density at radius 3 is 1.42 bits per heavy atom. The number of amides is 6. The number of carbonyl (C=O) groups excluding carboxylic acids is 6. The topological polar surface area (TPSA) is 513 Å². The number of nitrogens with one attached hydrogen (secondary N) is 5. The van der Waals surface area contributed by atoms with Crippen LogP contribution in [0.25, 0.3) is 21.5 Å². The van der Waals surface area contributed by atoms with E-state index in [0.29, 0.717) is 38.1 Å². The van der Waals surface area contributed by atoms with Crippen LogP contribution in [0.4, 0.5) is 24.5 Å². The number of aliphatic imine (C=N–C) groups is 4. The van der Waals surface area contributed by atoms with Crippen LogP contribution in [0.1, 0.15) is 22.7 Å². The normalized spacial score (nSPS) is 13.4. The lowest BCUT2D eigenvalue weighted by molar-refractivity contribution is -0.385. The highest BCUT2D eigenvalue weighted by Crippen LogP contribution is 2.41. The molecule has 6 atom stereocenters. The van der Waals surface area contributed by atoms with Crippen molar-refractivity contribution in [1.29, 1.82) is 0 Å². The van der Waals surface area contributed by atoms with Crippen LogP contribution in [0.2, 0.25) is 0 Å². The molecule has 0 aromatic heterocycles. The van der Waals surface area contributed by atoms with Crippen LogP contribution in [0, 0.1) is 10.1 Å². The van der Waals surface area contributed by atoms with Gasteiger partial charge >= 0.3 is 6.18 Å². The number of non-ortho nitro benzene ring substituents is 1. The number of alkyl halides is 3. The minimum absolute atomic E-state index is 0.0671. The first kappa shape index (κ1) is 56.4. The van der Waals surface area contributed by atoms with Gasteiger partial charge in [0.15, 0.2) is 23.8 Å². The number of anilines is 1. The molecule has 0 aliphatic rings. The van der Waals surface area contributed by atoms with E-state index in [-0.39, 0.29) is 11.6 Å². The highest BCUT2D eigenvalue weighted by atomic mass is 19.4. The number of aliphatic hydroxyl groups is 1. The standard InChI is InChI=1S/C44H49F3N20O9/c45-44(46,47)26-17-22(67(75)76)14-15-27(26)66(18-25-23-12-6-4-10-20(23)16-21-11-5-7-13-24(21)25)39(74)38(73)57-28(19-8-2-1-3-9-19)34(69)59-31(63-41(51)52)36(71)61-33(65-43(55)56)37(72)60-32(64-42(53)54)35(70)58-30(29(48)68)62-40(49)50/h1-17,28,30-33,39,74H,18H2,(H2,48,68)(H,57,73)(H,58,70)(H,59,69)(H,60,72)(H,61,71)(H4,49,50,62)(H4,51,52,63)(H4,53,54,64)(H4,55,56,65). The minimum atomic E-state index is -5.31. The fourth-order valence-corrected chi connectivity index (χ4v) is 7.26. The maximum absolute atomic E-state index is 15.0. The molecule has 0 heterocycles. The molecule has 0 fully saturated rings. The zero-order chi connectivity index (χ0) is 56.2.